The van der Waals surface area contributed by atoms with Crippen LogP contribution in [0.1, 0.15) is 82.1 Å². The van der Waals surface area contributed by atoms with E-state index < -0.39 is 0 Å². The van der Waals surface area contributed by atoms with Crippen LogP contribution in [-0.4, -0.2) is 46.6 Å². The van der Waals surface area contributed by atoms with Crippen LogP contribution in [0.3, 0.4) is 0 Å². The van der Waals surface area contributed by atoms with Gasteiger partial charge in [0.2, 0.25) is 0 Å². The summed E-state index contributed by atoms with van der Waals surface area (Å²) in [5.74, 6) is 0.723. The second-order valence-electron chi connectivity index (χ2n) is 8.86. The summed E-state index contributed by atoms with van der Waals surface area (Å²) >= 11 is 0. The van der Waals surface area contributed by atoms with E-state index in [0.29, 0.717) is 6.04 Å². The standard InChI is InChI=1S/C19H42N2/c1-11-13-20(18(6,7)8)14-12-19(9,10)21(17(4)5)15-16(2)3/h16-17H,11-15H2,1-10H3. The lowest BCUT2D eigenvalue weighted by Gasteiger charge is -2.45. The molecule has 0 bridgehead atoms. The Morgan fingerprint density at radius 1 is 0.857 bits per heavy atom. The van der Waals surface area contributed by atoms with Crippen LogP contribution in [0.4, 0.5) is 0 Å². The maximum Gasteiger partial charge on any atom is 0.0168 e. The normalized spacial score (nSPS) is 14.0. The van der Waals surface area contributed by atoms with Crippen molar-refractivity contribution in [3.05, 3.63) is 0 Å². The molecule has 0 aromatic heterocycles. The van der Waals surface area contributed by atoms with Gasteiger partial charge in [-0.25, -0.2) is 0 Å². The van der Waals surface area contributed by atoms with E-state index >= 15 is 0 Å². The quantitative estimate of drug-likeness (QED) is 0.589. The Hall–Kier alpha value is -0.0800. The molecule has 0 aliphatic rings. The van der Waals surface area contributed by atoms with Gasteiger partial charge in [0, 0.05) is 30.2 Å². The number of hydrogen-bond donors (Lipinski definition) is 0. The predicted molar refractivity (Wildman–Crippen MR) is 97.0 cm³/mol. The molecule has 128 valence electrons. The molecule has 0 heterocycles. The summed E-state index contributed by atoms with van der Waals surface area (Å²) in [4.78, 5) is 5.33. The minimum absolute atomic E-state index is 0.260. The Balaban J connectivity index is 4.82. The molecule has 0 N–H and O–H groups in total. The molecule has 0 fully saturated rings. The average molecular weight is 299 g/mol. The van der Waals surface area contributed by atoms with Gasteiger partial charge in [-0.1, -0.05) is 20.8 Å². The topological polar surface area (TPSA) is 6.48 Å². The molecule has 0 aromatic carbocycles. The van der Waals surface area contributed by atoms with E-state index in [0.717, 1.165) is 5.92 Å². The second-order valence-corrected chi connectivity index (χ2v) is 8.86. The molecule has 0 unspecified atom stereocenters. The number of nitrogens with zero attached hydrogens (tertiary/aromatic N) is 2. The Bertz CT molecular complexity index is 274. The first-order valence-electron chi connectivity index (χ1n) is 8.93. The molecule has 0 aliphatic carbocycles. The van der Waals surface area contributed by atoms with E-state index in [1.54, 1.807) is 0 Å². The van der Waals surface area contributed by atoms with Gasteiger partial charge in [-0.2, -0.15) is 0 Å². The van der Waals surface area contributed by atoms with Crippen LogP contribution >= 0.6 is 0 Å². The lowest BCUT2D eigenvalue weighted by Crippen LogP contribution is -2.52. The van der Waals surface area contributed by atoms with Gasteiger partial charge < -0.3 is 0 Å². The van der Waals surface area contributed by atoms with Gasteiger partial charge in [-0.05, 0) is 73.8 Å². The summed E-state index contributed by atoms with van der Waals surface area (Å²) < 4.78 is 0. The van der Waals surface area contributed by atoms with E-state index in [1.807, 2.05) is 0 Å². The van der Waals surface area contributed by atoms with Crippen molar-refractivity contribution in [1.82, 2.24) is 9.80 Å². The molecule has 0 aromatic rings. The second kappa shape index (κ2) is 8.53. The van der Waals surface area contributed by atoms with Crippen molar-refractivity contribution in [1.29, 1.82) is 0 Å². The summed E-state index contributed by atoms with van der Waals surface area (Å²) in [5, 5.41) is 0. The van der Waals surface area contributed by atoms with Crippen LogP contribution in [0.15, 0.2) is 0 Å². The Kier molecular flexibility index (Phi) is 8.49. The summed E-state index contributed by atoms with van der Waals surface area (Å²) in [6, 6.07) is 0.608. The summed E-state index contributed by atoms with van der Waals surface area (Å²) in [6.07, 6.45) is 2.47. The Morgan fingerprint density at radius 2 is 1.38 bits per heavy atom. The van der Waals surface area contributed by atoms with Gasteiger partial charge in [-0.3, -0.25) is 9.80 Å². The first-order valence-corrected chi connectivity index (χ1v) is 8.93. The fourth-order valence-electron chi connectivity index (χ4n) is 3.16. The zero-order valence-corrected chi connectivity index (χ0v) is 16.6. The van der Waals surface area contributed by atoms with Crippen molar-refractivity contribution in [3.8, 4) is 0 Å². The molecule has 0 radical (unpaired) electrons. The highest BCUT2D eigenvalue weighted by molar-refractivity contribution is 4.87. The van der Waals surface area contributed by atoms with Crippen molar-refractivity contribution >= 4 is 0 Å². The highest BCUT2D eigenvalue weighted by Gasteiger charge is 2.31. The molecule has 2 heteroatoms. The van der Waals surface area contributed by atoms with E-state index in [-0.39, 0.29) is 11.1 Å². The van der Waals surface area contributed by atoms with Gasteiger partial charge in [-0.15, -0.1) is 0 Å². The molecule has 0 saturated carbocycles. The maximum atomic E-state index is 2.68. The van der Waals surface area contributed by atoms with E-state index in [4.69, 9.17) is 0 Å². The van der Waals surface area contributed by atoms with Gasteiger partial charge in [0.25, 0.3) is 0 Å². The lowest BCUT2D eigenvalue weighted by molar-refractivity contribution is 0.0414. The van der Waals surface area contributed by atoms with Crippen LogP contribution in [0.25, 0.3) is 0 Å². The first-order chi connectivity index (χ1) is 9.41. The molecule has 2 nitrogen and oxygen atoms in total. The van der Waals surface area contributed by atoms with Crippen LogP contribution in [-0.2, 0) is 0 Å². The van der Waals surface area contributed by atoms with Gasteiger partial charge in [0.05, 0.1) is 0 Å². The van der Waals surface area contributed by atoms with Gasteiger partial charge >= 0.3 is 0 Å². The third kappa shape index (κ3) is 7.65. The first kappa shape index (κ1) is 20.9. The van der Waals surface area contributed by atoms with Crippen molar-refractivity contribution in [2.45, 2.75) is 99.2 Å². The van der Waals surface area contributed by atoms with E-state index in [1.165, 1.54) is 32.5 Å². The smallest absolute Gasteiger partial charge is 0.0168 e. The molecule has 0 rings (SSSR count). The van der Waals surface area contributed by atoms with E-state index in [9.17, 15) is 0 Å². The van der Waals surface area contributed by atoms with Crippen LogP contribution in [0.5, 0.6) is 0 Å². The molecule has 21 heavy (non-hydrogen) atoms. The summed E-state index contributed by atoms with van der Waals surface area (Å²) in [5.41, 5.74) is 0.530. The minimum Gasteiger partial charge on any atom is -0.298 e. The van der Waals surface area contributed by atoms with Crippen LogP contribution in [0, 0.1) is 5.92 Å². The summed E-state index contributed by atoms with van der Waals surface area (Å²) in [7, 11) is 0. The Morgan fingerprint density at radius 3 is 1.71 bits per heavy atom. The SMILES string of the molecule is CCCN(CCC(C)(C)N(CC(C)C)C(C)C)C(C)(C)C. The van der Waals surface area contributed by atoms with Crippen molar-refractivity contribution in [3.63, 3.8) is 0 Å². The zero-order chi connectivity index (χ0) is 16.8. The molecular weight excluding hydrogens is 256 g/mol. The minimum atomic E-state index is 0.260. The maximum absolute atomic E-state index is 2.68. The van der Waals surface area contributed by atoms with Crippen LogP contribution in [0.2, 0.25) is 0 Å². The fraction of sp³-hybridized carbons (Fsp3) is 1.00. The highest BCUT2D eigenvalue weighted by Crippen LogP contribution is 2.25. The fourth-order valence-corrected chi connectivity index (χ4v) is 3.16. The molecule has 0 amide bonds. The van der Waals surface area contributed by atoms with Crippen molar-refractivity contribution < 1.29 is 0 Å². The van der Waals surface area contributed by atoms with Gasteiger partial charge in [0.1, 0.15) is 0 Å². The monoisotopic (exact) mass is 298 g/mol. The summed E-state index contributed by atoms with van der Waals surface area (Å²) in [6.45, 7) is 27.0. The van der Waals surface area contributed by atoms with Crippen LogP contribution < -0.4 is 0 Å². The molecule has 0 saturated heterocycles. The predicted octanol–water partition coefficient (Wildman–Crippen LogP) is 5.03. The number of hydrogen-bond acceptors (Lipinski definition) is 2. The lowest BCUT2D eigenvalue weighted by atomic mass is 9.93. The molecule has 0 aliphatic heterocycles. The molecular formula is C19H42N2. The zero-order valence-electron chi connectivity index (χ0n) is 16.6. The molecule has 0 spiro atoms. The van der Waals surface area contributed by atoms with Gasteiger partial charge in [0.15, 0.2) is 0 Å². The molecule has 0 atom stereocenters. The third-order valence-corrected chi connectivity index (χ3v) is 4.40. The van der Waals surface area contributed by atoms with E-state index in [2.05, 4.69) is 79.0 Å². The third-order valence-electron chi connectivity index (χ3n) is 4.40. The average Bonchev–Trinajstić information content (AvgIpc) is 2.29. The largest absolute Gasteiger partial charge is 0.298 e. The Labute approximate surface area is 135 Å². The highest BCUT2D eigenvalue weighted by atomic mass is 15.2. The van der Waals surface area contributed by atoms with Crippen molar-refractivity contribution in [2.24, 2.45) is 5.92 Å². The van der Waals surface area contributed by atoms with Crippen molar-refractivity contribution in [2.75, 3.05) is 19.6 Å². The number of rotatable bonds is 9.